The number of likely N-dealkylation sites (tertiary alicyclic amines) is 1. The van der Waals surface area contributed by atoms with Crippen molar-refractivity contribution in [3.05, 3.63) is 71.7 Å². The molecule has 0 radical (unpaired) electrons. The second kappa shape index (κ2) is 13.9. The fraction of sp³-hybridized carbons (Fsp3) is 0.533. The molecule has 0 aliphatic carbocycles. The van der Waals surface area contributed by atoms with Crippen LogP contribution in [0.3, 0.4) is 0 Å². The van der Waals surface area contributed by atoms with E-state index < -0.39 is 0 Å². The smallest absolute Gasteiger partial charge is 0.272 e. The molecule has 2 fully saturated rings. The van der Waals surface area contributed by atoms with Gasteiger partial charge in [0, 0.05) is 75.1 Å². The average Bonchev–Trinajstić information content (AvgIpc) is 3.50. The minimum atomic E-state index is 0.0109. The highest BCUT2D eigenvalue weighted by molar-refractivity contribution is 7.99. The topological polar surface area (TPSA) is 81.3 Å². The first-order chi connectivity index (χ1) is 19.2. The van der Waals surface area contributed by atoms with Crippen LogP contribution in [0.4, 0.5) is 5.82 Å². The van der Waals surface area contributed by atoms with Crippen molar-refractivity contribution in [3.63, 3.8) is 0 Å². The molecule has 3 aromatic heterocycles. The van der Waals surface area contributed by atoms with Gasteiger partial charge in [0.25, 0.3) is 5.91 Å². The summed E-state index contributed by atoms with van der Waals surface area (Å²) in [5, 5.41) is 0. The zero-order chi connectivity index (χ0) is 26.9. The lowest BCUT2D eigenvalue weighted by Crippen LogP contribution is -2.47. The summed E-state index contributed by atoms with van der Waals surface area (Å²) < 4.78 is 0. The first kappa shape index (κ1) is 27.6. The molecule has 39 heavy (non-hydrogen) atoms. The highest BCUT2D eigenvalue weighted by atomic mass is 32.2. The molecule has 0 aromatic carbocycles. The Bertz CT molecular complexity index is 1140. The predicted octanol–water partition coefficient (Wildman–Crippen LogP) is 4.79. The monoisotopic (exact) mass is 547 g/mol. The fourth-order valence-corrected chi connectivity index (χ4v) is 6.37. The Morgan fingerprint density at radius 2 is 1.79 bits per heavy atom. The molecule has 0 atom stereocenters. The predicted molar refractivity (Wildman–Crippen MR) is 158 cm³/mol. The summed E-state index contributed by atoms with van der Waals surface area (Å²) in [7, 11) is 0. The lowest BCUT2D eigenvalue weighted by atomic mass is 10.0. The lowest BCUT2D eigenvalue weighted by Gasteiger charge is -2.38. The van der Waals surface area contributed by atoms with Crippen molar-refractivity contribution in [1.82, 2.24) is 29.7 Å². The number of rotatable bonds is 11. The van der Waals surface area contributed by atoms with Crippen molar-refractivity contribution in [2.75, 3.05) is 42.6 Å². The van der Waals surface area contributed by atoms with Crippen LogP contribution in [0.5, 0.6) is 0 Å². The number of carbonyl (C=O) groups excluding carboxylic acids is 1. The summed E-state index contributed by atoms with van der Waals surface area (Å²) in [5.41, 5.74) is 2.80. The number of imidazole rings is 1. The number of thioether (sulfide) groups is 1. The third-order valence-electron chi connectivity index (χ3n) is 7.80. The third kappa shape index (κ3) is 7.60. The molecular weight excluding hydrogens is 506 g/mol. The second-order valence-electron chi connectivity index (χ2n) is 10.6. The number of piperidine rings is 1. The van der Waals surface area contributed by atoms with Gasteiger partial charge in [-0.05, 0) is 48.9 Å². The standard InChI is InChI=1S/C30H41N7OS/c1-2-3-4-5-24-6-8-27(33-20-24)30(38)37(26-10-14-35(15-11-26)23-28-31-12-13-32-28)22-25-7-9-29(34-21-25)36-16-18-39-19-17-36/h6-9,12-13,20-21,26H,2-5,10-11,14-19,22-23H2,1H3,(H,31,32). The molecule has 8 nitrogen and oxygen atoms in total. The first-order valence-electron chi connectivity index (χ1n) is 14.4. The quantitative estimate of drug-likeness (QED) is 0.346. The number of nitrogens with one attached hydrogen (secondary N) is 1. The van der Waals surface area contributed by atoms with Crippen LogP contribution in [0.15, 0.2) is 49.1 Å². The molecule has 1 N–H and O–H groups in total. The van der Waals surface area contributed by atoms with Crippen LogP contribution in [-0.4, -0.2) is 79.4 Å². The molecule has 0 saturated carbocycles. The SMILES string of the molecule is CCCCCc1ccc(C(=O)N(Cc2ccc(N3CCSCC3)nc2)C2CCN(Cc3ncc[nH]3)CC2)nc1. The Morgan fingerprint density at radius 3 is 2.46 bits per heavy atom. The number of aryl methyl sites for hydroxylation is 1. The van der Waals surface area contributed by atoms with Crippen molar-refractivity contribution in [2.24, 2.45) is 0 Å². The van der Waals surface area contributed by atoms with Gasteiger partial charge in [-0.15, -0.1) is 0 Å². The molecule has 3 aromatic rings. The summed E-state index contributed by atoms with van der Waals surface area (Å²) in [4.78, 5) is 37.7. The number of unbranched alkanes of at least 4 members (excludes halogenated alkanes) is 2. The molecule has 0 spiro atoms. The van der Waals surface area contributed by atoms with Crippen LogP contribution in [0.2, 0.25) is 0 Å². The molecule has 5 heterocycles. The Balaban J connectivity index is 1.28. The first-order valence-corrected chi connectivity index (χ1v) is 15.6. The fourth-order valence-electron chi connectivity index (χ4n) is 5.46. The number of H-pyrrole nitrogens is 1. The zero-order valence-electron chi connectivity index (χ0n) is 23.1. The average molecular weight is 548 g/mol. The van der Waals surface area contributed by atoms with Gasteiger partial charge < -0.3 is 14.8 Å². The van der Waals surface area contributed by atoms with Crippen LogP contribution < -0.4 is 4.90 Å². The van der Waals surface area contributed by atoms with E-state index in [4.69, 9.17) is 4.98 Å². The summed E-state index contributed by atoms with van der Waals surface area (Å²) in [5.74, 6) is 4.33. The number of amides is 1. The summed E-state index contributed by atoms with van der Waals surface area (Å²) in [6.45, 7) is 7.52. The van der Waals surface area contributed by atoms with E-state index in [1.165, 1.54) is 18.4 Å². The molecule has 2 aliphatic heterocycles. The maximum atomic E-state index is 13.9. The molecule has 1 amide bonds. The second-order valence-corrected chi connectivity index (χ2v) is 11.8. The number of anilines is 1. The van der Waals surface area contributed by atoms with E-state index in [1.54, 1.807) is 6.20 Å². The van der Waals surface area contributed by atoms with E-state index in [0.29, 0.717) is 12.2 Å². The Hall–Kier alpha value is -2.91. The van der Waals surface area contributed by atoms with Gasteiger partial charge in [-0.25, -0.2) is 9.97 Å². The van der Waals surface area contributed by atoms with Crippen molar-refractivity contribution in [1.29, 1.82) is 0 Å². The van der Waals surface area contributed by atoms with Crippen LogP contribution >= 0.6 is 11.8 Å². The van der Waals surface area contributed by atoms with E-state index >= 15 is 0 Å². The van der Waals surface area contributed by atoms with Crippen LogP contribution in [0, 0.1) is 0 Å². The van der Waals surface area contributed by atoms with E-state index in [-0.39, 0.29) is 11.9 Å². The van der Waals surface area contributed by atoms with Gasteiger partial charge in [-0.3, -0.25) is 14.7 Å². The highest BCUT2D eigenvalue weighted by Gasteiger charge is 2.30. The Labute approximate surface area is 236 Å². The van der Waals surface area contributed by atoms with Gasteiger partial charge in [0.2, 0.25) is 0 Å². The number of aromatic amines is 1. The van der Waals surface area contributed by atoms with Gasteiger partial charge in [0.05, 0.1) is 6.54 Å². The van der Waals surface area contributed by atoms with E-state index in [9.17, 15) is 4.79 Å². The van der Waals surface area contributed by atoms with Crippen molar-refractivity contribution in [3.8, 4) is 0 Å². The molecule has 9 heteroatoms. The molecule has 2 aliphatic rings. The minimum Gasteiger partial charge on any atom is -0.355 e. The third-order valence-corrected chi connectivity index (χ3v) is 8.74. The maximum absolute atomic E-state index is 13.9. The largest absolute Gasteiger partial charge is 0.355 e. The number of hydrogen-bond acceptors (Lipinski definition) is 7. The minimum absolute atomic E-state index is 0.0109. The molecular formula is C30H41N7OS. The number of hydrogen-bond donors (Lipinski definition) is 1. The number of pyridine rings is 2. The van der Waals surface area contributed by atoms with Crippen molar-refractivity contribution in [2.45, 2.75) is 64.6 Å². The number of carbonyl (C=O) groups is 1. The Kier molecular flexibility index (Phi) is 9.88. The summed E-state index contributed by atoms with van der Waals surface area (Å²) >= 11 is 2.00. The van der Waals surface area contributed by atoms with E-state index in [1.807, 2.05) is 41.3 Å². The van der Waals surface area contributed by atoms with Gasteiger partial charge >= 0.3 is 0 Å². The number of nitrogens with zero attached hydrogens (tertiary/aromatic N) is 6. The van der Waals surface area contributed by atoms with Crippen LogP contribution in [-0.2, 0) is 19.5 Å². The summed E-state index contributed by atoms with van der Waals surface area (Å²) in [6.07, 6.45) is 14.0. The molecule has 0 bridgehead atoms. The maximum Gasteiger partial charge on any atom is 0.272 e. The number of aromatic nitrogens is 4. The molecule has 5 rings (SSSR count). The van der Waals surface area contributed by atoms with Gasteiger partial charge in [0.15, 0.2) is 0 Å². The van der Waals surface area contributed by atoms with Gasteiger partial charge in [-0.2, -0.15) is 11.8 Å². The normalized spacial score (nSPS) is 16.9. The lowest BCUT2D eigenvalue weighted by molar-refractivity contribution is 0.0534. The van der Waals surface area contributed by atoms with E-state index in [2.05, 4.69) is 49.9 Å². The highest BCUT2D eigenvalue weighted by Crippen LogP contribution is 2.23. The molecule has 208 valence electrons. The molecule has 2 saturated heterocycles. The zero-order valence-corrected chi connectivity index (χ0v) is 23.9. The van der Waals surface area contributed by atoms with E-state index in [0.717, 1.165) is 87.1 Å². The van der Waals surface area contributed by atoms with Gasteiger partial charge in [0.1, 0.15) is 17.3 Å². The Morgan fingerprint density at radius 1 is 1.00 bits per heavy atom. The molecule has 0 unspecified atom stereocenters. The van der Waals surface area contributed by atoms with Crippen LogP contribution in [0.25, 0.3) is 0 Å². The van der Waals surface area contributed by atoms with Crippen LogP contribution in [0.1, 0.15) is 66.5 Å². The van der Waals surface area contributed by atoms with Crippen molar-refractivity contribution < 1.29 is 4.79 Å². The van der Waals surface area contributed by atoms with Crippen molar-refractivity contribution >= 4 is 23.5 Å². The summed E-state index contributed by atoms with van der Waals surface area (Å²) in [6, 6.07) is 8.41. The van der Waals surface area contributed by atoms with Gasteiger partial charge in [-0.1, -0.05) is 31.9 Å².